The molecule has 1 unspecified atom stereocenters. The van der Waals surface area contributed by atoms with Gasteiger partial charge >= 0.3 is 0 Å². The van der Waals surface area contributed by atoms with Gasteiger partial charge in [0.2, 0.25) is 0 Å². The summed E-state index contributed by atoms with van der Waals surface area (Å²) in [6.07, 6.45) is 7.69. The van der Waals surface area contributed by atoms with Crippen LogP contribution in [0.15, 0.2) is 36.9 Å². The summed E-state index contributed by atoms with van der Waals surface area (Å²) in [5.41, 5.74) is 5.96. The number of hydrogen-bond acceptors (Lipinski definition) is 4. The van der Waals surface area contributed by atoms with Gasteiger partial charge in [0.1, 0.15) is 0 Å². The van der Waals surface area contributed by atoms with E-state index < -0.39 is 0 Å². The summed E-state index contributed by atoms with van der Waals surface area (Å²) in [5, 5.41) is 0.651. The normalized spacial score (nSPS) is 12.4. The molecule has 0 bridgehead atoms. The van der Waals surface area contributed by atoms with Crippen LogP contribution < -0.4 is 11.3 Å². The van der Waals surface area contributed by atoms with Gasteiger partial charge < -0.3 is 0 Å². The molecule has 5 heteroatoms. The largest absolute Gasteiger partial charge is 0.271 e. The van der Waals surface area contributed by atoms with Crippen LogP contribution in [-0.2, 0) is 6.42 Å². The molecule has 0 spiro atoms. The monoisotopic (exact) mass is 262 g/mol. The van der Waals surface area contributed by atoms with Gasteiger partial charge in [-0.2, -0.15) is 0 Å². The lowest BCUT2D eigenvalue weighted by molar-refractivity contribution is 0.550. The molecule has 3 N–H and O–H groups in total. The van der Waals surface area contributed by atoms with Crippen molar-refractivity contribution in [2.24, 2.45) is 5.84 Å². The van der Waals surface area contributed by atoms with Crippen molar-refractivity contribution in [2.75, 3.05) is 0 Å². The van der Waals surface area contributed by atoms with Crippen LogP contribution in [0, 0.1) is 6.92 Å². The van der Waals surface area contributed by atoms with Crippen LogP contribution in [0.4, 0.5) is 0 Å². The quantitative estimate of drug-likeness (QED) is 0.655. The van der Waals surface area contributed by atoms with Crippen molar-refractivity contribution in [1.29, 1.82) is 0 Å². The first-order chi connectivity index (χ1) is 8.70. The van der Waals surface area contributed by atoms with E-state index in [-0.39, 0.29) is 6.04 Å². The summed E-state index contributed by atoms with van der Waals surface area (Å²) < 4.78 is 0. The van der Waals surface area contributed by atoms with E-state index in [0.717, 1.165) is 16.7 Å². The molecule has 0 aliphatic rings. The Labute approximate surface area is 111 Å². The Kier molecular flexibility index (Phi) is 4.25. The molecule has 0 fully saturated rings. The molecule has 18 heavy (non-hydrogen) atoms. The van der Waals surface area contributed by atoms with Crippen LogP contribution in [0.2, 0.25) is 5.02 Å². The number of aromatic nitrogens is 2. The Balaban J connectivity index is 2.23. The van der Waals surface area contributed by atoms with Crippen LogP contribution in [0.3, 0.4) is 0 Å². The molecule has 2 aromatic rings. The summed E-state index contributed by atoms with van der Waals surface area (Å²) in [5.74, 6) is 5.62. The number of halogens is 1. The number of pyridine rings is 2. The minimum absolute atomic E-state index is 0.0164. The van der Waals surface area contributed by atoms with E-state index >= 15 is 0 Å². The Hall–Kier alpha value is -1.49. The fourth-order valence-corrected chi connectivity index (χ4v) is 2.03. The first-order valence-corrected chi connectivity index (χ1v) is 6.04. The molecule has 2 rings (SSSR count). The second-order valence-electron chi connectivity index (χ2n) is 4.19. The van der Waals surface area contributed by atoms with E-state index in [2.05, 4.69) is 21.5 Å². The zero-order valence-electron chi connectivity index (χ0n) is 10.1. The van der Waals surface area contributed by atoms with Crippen molar-refractivity contribution in [3.63, 3.8) is 0 Å². The van der Waals surface area contributed by atoms with Crippen LogP contribution in [0.5, 0.6) is 0 Å². The molecule has 2 aromatic heterocycles. The van der Waals surface area contributed by atoms with E-state index in [1.54, 1.807) is 12.4 Å². The number of nitrogens with zero attached hydrogens (tertiary/aromatic N) is 2. The van der Waals surface area contributed by atoms with Crippen molar-refractivity contribution < 1.29 is 0 Å². The Bertz CT molecular complexity index is 530. The predicted molar refractivity (Wildman–Crippen MR) is 72.0 cm³/mol. The van der Waals surface area contributed by atoms with Gasteiger partial charge in [-0.05, 0) is 36.1 Å². The first kappa shape index (κ1) is 13.0. The third-order valence-electron chi connectivity index (χ3n) is 2.78. The molecule has 0 saturated carbocycles. The molecular weight excluding hydrogens is 248 g/mol. The second kappa shape index (κ2) is 5.91. The average molecular weight is 263 g/mol. The molecule has 0 amide bonds. The molecule has 0 aliphatic heterocycles. The highest BCUT2D eigenvalue weighted by Crippen LogP contribution is 2.22. The van der Waals surface area contributed by atoms with Gasteiger partial charge in [0.15, 0.2) is 0 Å². The molecule has 0 aromatic carbocycles. The predicted octanol–water partition coefficient (Wildman–Crippen LogP) is 2.19. The zero-order valence-corrected chi connectivity index (χ0v) is 10.9. The van der Waals surface area contributed by atoms with E-state index in [0.29, 0.717) is 11.4 Å². The maximum atomic E-state index is 6.10. The Morgan fingerprint density at radius 3 is 2.83 bits per heavy atom. The second-order valence-corrected chi connectivity index (χ2v) is 4.59. The molecule has 4 nitrogen and oxygen atoms in total. The van der Waals surface area contributed by atoms with E-state index in [1.807, 2.05) is 25.4 Å². The highest BCUT2D eigenvalue weighted by atomic mass is 35.5. The lowest BCUT2D eigenvalue weighted by Crippen LogP contribution is -2.29. The Morgan fingerprint density at radius 2 is 2.17 bits per heavy atom. The first-order valence-electron chi connectivity index (χ1n) is 5.66. The number of hydrazine groups is 1. The standard InChI is InChI=1S/C13H15ClN4/c1-9-4-11(7-17-6-9)13(18-15)5-10-2-3-16-8-12(10)14/h2-4,6-8,13,18H,5,15H2,1H3. The summed E-state index contributed by atoms with van der Waals surface area (Å²) in [6, 6.07) is 3.94. The Morgan fingerprint density at radius 1 is 1.33 bits per heavy atom. The lowest BCUT2D eigenvalue weighted by Gasteiger charge is -2.17. The van der Waals surface area contributed by atoms with Crippen molar-refractivity contribution in [3.8, 4) is 0 Å². The van der Waals surface area contributed by atoms with Gasteiger partial charge in [-0.1, -0.05) is 17.7 Å². The summed E-state index contributed by atoms with van der Waals surface area (Å²) in [6.45, 7) is 2.00. The highest BCUT2D eigenvalue weighted by Gasteiger charge is 2.13. The zero-order chi connectivity index (χ0) is 13.0. The number of nitrogens with two attached hydrogens (primary N) is 1. The van der Waals surface area contributed by atoms with Crippen molar-refractivity contribution in [1.82, 2.24) is 15.4 Å². The lowest BCUT2D eigenvalue weighted by atomic mass is 10.0. The van der Waals surface area contributed by atoms with Gasteiger partial charge in [-0.3, -0.25) is 21.2 Å². The van der Waals surface area contributed by atoms with Crippen LogP contribution in [0.25, 0.3) is 0 Å². The molecule has 0 radical (unpaired) electrons. The number of hydrogen-bond donors (Lipinski definition) is 2. The summed E-state index contributed by atoms with van der Waals surface area (Å²) >= 11 is 6.10. The number of rotatable bonds is 4. The number of nitrogens with one attached hydrogen (secondary N) is 1. The third-order valence-corrected chi connectivity index (χ3v) is 3.12. The molecule has 2 heterocycles. The van der Waals surface area contributed by atoms with Crippen LogP contribution >= 0.6 is 11.6 Å². The summed E-state index contributed by atoms with van der Waals surface area (Å²) in [4.78, 5) is 8.15. The molecule has 0 saturated heterocycles. The van der Waals surface area contributed by atoms with E-state index in [1.165, 1.54) is 0 Å². The average Bonchev–Trinajstić information content (AvgIpc) is 2.38. The fraction of sp³-hybridized carbons (Fsp3) is 0.231. The molecule has 94 valence electrons. The maximum Gasteiger partial charge on any atom is 0.0622 e. The van der Waals surface area contributed by atoms with Crippen molar-refractivity contribution in [3.05, 3.63) is 58.6 Å². The van der Waals surface area contributed by atoms with Gasteiger partial charge in [-0.15, -0.1) is 0 Å². The minimum Gasteiger partial charge on any atom is -0.271 e. The SMILES string of the molecule is Cc1cncc(C(Cc2ccncc2Cl)NN)c1. The van der Waals surface area contributed by atoms with Gasteiger partial charge in [0.25, 0.3) is 0 Å². The fourth-order valence-electron chi connectivity index (χ4n) is 1.83. The summed E-state index contributed by atoms with van der Waals surface area (Å²) in [7, 11) is 0. The smallest absolute Gasteiger partial charge is 0.0622 e. The number of aryl methyl sites for hydroxylation is 1. The van der Waals surface area contributed by atoms with Crippen molar-refractivity contribution in [2.45, 2.75) is 19.4 Å². The van der Waals surface area contributed by atoms with Gasteiger partial charge in [0, 0.05) is 24.8 Å². The molecule has 1 atom stereocenters. The third kappa shape index (κ3) is 3.04. The van der Waals surface area contributed by atoms with E-state index in [4.69, 9.17) is 17.4 Å². The molecular formula is C13H15ClN4. The van der Waals surface area contributed by atoms with Gasteiger partial charge in [-0.25, -0.2) is 0 Å². The van der Waals surface area contributed by atoms with Gasteiger partial charge in [0.05, 0.1) is 11.1 Å². The van der Waals surface area contributed by atoms with Crippen LogP contribution in [-0.4, -0.2) is 9.97 Å². The van der Waals surface area contributed by atoms with E-state index in [9.17, 15) is 0 Å². The van der Waals surface area contributed by atoms with Crippen LogP contribution in [0.1, 0.15) is 22.7 Å². The van der Waals surface area contributed by atoms with Crippen molar-refractivity contribution >= 4 is 11.6 Å². The topological polar surface area (TPSA) is 63.8 Å². The molecule has 0 aliphatic carbocycles. The minimum atomic E-state index is -0.0164. The maximum absolute atomic E-state index is 6.10. The highest BCUT2D eigenvalue weighted by molar-refractivity contribution is 6.31.